The van der Waals surface area contributed by atoms with Crippen LogP contribution in [0.1, 0.15) is 88.4 Å². The minimum absolute atomic E-state index is 0.0371. The van der Waals surface area contributed by atoms with Crippen molar-refractivity contribution in [3.05, 3.63) is 117 Å². The van der Waals surface area contributed by atoms with Crippen molar-refractivity contribution in [3.8, 4) is 17.6 Å². The number of aromatic carboxylic acids is 1. The van der Waals surface area contributed by atoms with Gasteiger partial charge in [-0.3, -0.25) is 19.5 Å². The molecule has 1 aliphatic rings. The summed E-state index contributed by atoms with van der Waals surface area (Å²) in [5, 5.41) is 44.4. The van der Waals surface area contributed by atoms with Crippen molar-refractivity contribution in [1.29, 1.82) is 0 Å². The fourth-order valence-corrected chi connectivity index (χ4v) is 15.0. The van der Waals surface area contributed by atoms with Gasteiger partial charge in [-0.15, -0.1) is 26.6 Å². The van der Waals surface area contributed by atoms with Gasteiger partial charge in [0.2, 0.25) is 11.8 Å². The molecule has 5 heterocycles. The number of carbonyl (C=O) groups excluding carboxylic acids is 5. The third-order valence-electron chi connectivity index (χ3n) is 20.5. The first-order valence-corrected chi connectivity index (χ1v) is 48.3. The summed E-state index contributed by atoms with van der Waals surface area (Å²) in [6.07, 6.45) is 3.58. The highest BCUT2D eigenvalue weighted by molar-refractivity contribution is 7.22. The van der Waals surface area contributed by atoms with Crippen LogP contribution in [0.5, 0.6) is 5.75 Å². The number of amides is 6. The van der Waals surface area contributed by atoms with Crippen molar-refractivity contribution in [2.24, 2.45) is 33.3 Å². The lowest BCUT2D eigenvalue weighted by atomic mass is 10.0. The Bertz CT molecular complexity index is 4920. The van der Waals surface area contributed by atoms with E-state index in [1.54, 1.807) is 52.5 Å². The molecule has 1 aliphatic heterocycles. The summed E-state index contributed by atoms with van der Waals surface area (Å²) in [4.78, 5) is 99.2. The number of urea groups is 1. The van der Waals surface area contributed by atoms with Crippen LogP contribution >= 0.6 is 22.7 Å². The molecular formula is C93H136FN19O26S2. The number of benzene rings is 3. The number of nitrogens with one attached hydrogen (secondary N) is 4. The van der Waals surface area contributed by atoms with Crippen LogP contribution in [0, 0.1) is 30.5 Å². The van der Waals surface area contributed by atoms with Gasteiger partial charge in [0, 0.05) is 74.4 Å². The summed E-state index contributed by atoms with van der Waals surface area (Å²) in [6, 6.07) is 13.7. The first-order valence-electron chi connectivity index (χ1n) is 46.7. The average molecular weight is 2020 g/mol. The highest BCUT2D eigenvalue weighted by Crippen LogP contribution is 2.40. The normalized spacial score (nSPS) is 12.5. The summed E-state index contributed by atoms with van der Waals surface area (Å²) in [5.74, 6) is 9.45. The largest absolute Gasteiger partial charge is 0.491 e. The maximum atomic E-state index is 15.8. The smallest absolute Gasteiger partial charge is 0.410 e. The van der Waals surface area contributed by atoms with Crippen molar-refractivity contribution in [2.75, 3.05) is 274 Å². The minimum Gasteiger partial charge on any atom is -0.491 e. The SMILES string of the molecule is COCCOCCOCCOCCOCCOCCOCCOCCN=CC(CN(Cc1cc(NC(=O)C(CCCNC(N)=O)NC(=O)C(N)C(C)C)ccc1COC(=O)N(C)CC#Cc1ccc(OCCCc2sc(N3CCCc4c3nnc(Nc3nc5ccccc5s3)c4C)nc2C(=O)O)c(F)c1)C(=O)OCc1cn(CCOCCOCCOCCOCCOCCOCCOCCOC)nn1)=NN. The molecule has 0 aliphatic carbocycles. The highest BCUT2D eigenvalue weighted by atomic mass is 32.1. The second kappa shape index (κ2) is 69.0. The highest BCUT2D eigenvalue weighted by Gasteiger charge is 2.31. The zero-order chi connectivity index (χ0) is 101. The molecule has 141 heavy (non-hydrogen) atoms. The summed E-state index contributed by atoms with van der Waals surface area (Å²) < 4.78 is 124. The van der Waals surface area contributed by atoms with Crippen LogP contribution in [-0.4, -0.2) is 369 Å². The maximum Gasteiger partial charge on any atom is 0.410 e. The molecule has 778 valence electrons. The number of carboxylic acid groups (broad SMARTS) is 1. The molecule has 48 heteroatoms. The average Bonchev–Trinajstić information content (AvgIpc) is 1.70. The van der Waals surface area contributed by atoms with Crippen molar-refractivity contribution >= 4 is 108 Å². The van der Waals surface area contributed by atoms with Crippen LogP contribution in [0.15, 0.2) is 77.0 Å². The number of halogens is 1. The number of primary amides is 1. The molecule has 7 aromatic rings. The number of hydrazone groups is 1. The Hall–Kier alpha value is -11.0. The number of rotatable bonds is 76. The number of carbonyl (C=O) groups is 6. The molecule has 2 atom stereocenters. The van der Waals surface area contributed by atoms with Gasteiger partial charge in [-0.25, -0.2) is 38.2 Å². The van der Waals surface area contributed by atoms with Gasteiger partial charge in [0.15, 0.2) is 39.2 Å². The van der Waals surface area contributed by atoms with E-state index in [-0.39, 0.29) is 145 Å². The zero-order valence-corrected chi connectivity index (χ0v) is 82.8. The molecule has 8 rings (SSSR count). The molecule has 11 N–H and O–H groups in total. The number of para-hydroxylation sites is 1. The molecular weight excluding hydrogens is 1880 g/mol. The summed E-state index contributed by atoms with van der Waals surface area (Å²) in [7, 11) is 4.68. The molecule has 0 bridgehead atoms. The van der Waals surface area contributed by atoms with Crippen molar-refractivity contribution in [2.45, 2.75) is 97.7 Å². The fraction of sp³-hybridized carbons (Fsp3) is 0.591. The number of fused-ring (bicyclic) bond motifs is 2. The molecule has 2 unspecified atom stereocenters. The third-order valence-corrected chi connectivity index (χ3v) is 22.6. The van der Waals surface area contributed by atoms with Crippen LogP contribution in [0.4, 0.5) is 46.4 Å². The molecule has 3 aromatic carbocycles. The van der Waals surface area contributed by atoms with Gasteiger partial charge in [-0.05, 0) is 105 Å². The van der Waals surface area contributed by atoms with E-state index in [4.69, 9.17) is 107 Å². The van der Waals surface area contributed by atoms with Gasteiger partial charge in [0.25, 0.3) is 0 Å². The Kier molecular flexibility index (Phi) is 56.4. The van der Waals surface area contributed by atoms with Crippen LogP contribution in [0.2, 0.25) is 0 Å². The van der Waals surface area contributed by atoms with Crippen LogP contribution in [0.3, 0.4) is 0 Å². The molecule has 45 nitrogen and oxygen atoms in total. The van der Waals surface area contributed by atoms with Gasteiger partial charge in [0.1, 0.15) is 24.9 Å². The predicted octanol–water partition coefficient (Wildman–Crippen LogP) is 6.64. The molecule has 6 amide bonds. The van der Waals surface area contributed by atoms with E-state index in [1.165, 1.54) is 68.6 Å². The van der Waals surface area contributed by atoms with Crippen molar-refractivity contribution in [3.63, 3.8) is 0 Å². The number of hydrogen-bond donors (Lipinski definition) is 8. The lowest BCUT2D eigenvalue weighted by molar-refractivity contribution is -0.128. The number of nitrogens with zero attached hydrogens (tertiary/aromatic N) is 12. The van der Waals surface area contributed by atoms with E-state index in [0.717, 1.165) is 34.2 Å². The lowest BCUT2D eigenvalue weighted by Gasteiger charge is -2.28. The standard InChI is InChI=1S/C93H136FN19O26S2/c1-67(2)82(95)87(115)101-78(16-9-23-99-89(96)118)86(114)100-72-21-20-70(65-138-92(119)110(4)25-10-13-69-19-22-79(76(94)59-69)137-28-12-18-81-83(88(116)117)103-91(141-81)113-26-11-14-75-68(3)84(107-108-85(75)113)104-90-102-77-15-7-8-17-80(77)140-90)71(60-72)62-111(63-73(105-97)61-98-24-29-123-35-37-127-43-45-131-51-53-135-57-55-133-49-47-129-41-39-125-33-31-121-5)93(120)139-66-74-64-112(109-106-74)27-30-124-36-38-128-44-46-132-52-54-136-58-56-134-50-48-130-42-40-126-34-32-122-6/h7-8,15,17,19-22,59-61,64,67,78,82H,9,11-12,14,16,18,23-58,62-63,65-66,95,97H2,1-6H3,(H,100,114)(H,101,115)(H,116,117)(H3,96,99,118)(H,102,104,107). The maximum absolute atomic E-state index is 15.8. The number of aromatic nitrogens is 7. The van der Waals surface area contributed by atoms with Gasteiger partial charge < -0.3 is 143 Å². The zero-order valence-electron chi connectivity index (χ0n) is 81.1. The summed E-state index contributed by atoms with van der Waals surface area (Å²) in [6.45, 7) is 17.0. The molecule has 0 radical (unpaired) electrons. The molecule has 0 saturated heterocycles. The first kappa shape index (κ1) is 115. The van der Waals surface area contributed by atoms with Gasteiger partial charge in [-0.2, -0.15) is 5.10 Å². The second-order valence-electron chi connectivity index (χ2n) is 31.6. The van der Waals surface area contributed by atoms with Gasteiger partial charge in [0.05, 0.1) is 259 Å². The van der Waals surface area contributed by atoms with Gasteiger partial charge in [-0.1, -0.05) is 60.4 Å². The second-order valence-corrected chi connectivity index (χ2v) is 33.7. The Morgan fingerprint density at radius 1 is 0.660 bits per heavy atom. The fourth-order valence-electron chi connectivity index (χ4n) is 13.0. The number of aryl methyl sites for hydroxylation is 1. The lowest BCUT2D eigenvalue weighted by Crippen LogP contribution is -2.51. The third kappa shape index (κ3) is 45.4. The number of carboxylic acids is 1. The van der Waals surface area contributed by atoms with Gasteiger partial charge >= 0.3 is 24.2 Å². The molecule has 0 saturated carbocycles. The van der Waals surface area contributed by atoms with E-state index in [1.807, 2.05) is 36.1 Å². The number of ether oxygens (including phenoxy) is 19. The quantitative estimate of drug-likeness (QED) is 0.00650. The summed E-state index contributed by atoms with van der Waals surface area (Å²) >= 11 is 2.76. The van der Waals surface area contributed by atoms with Crippen LogP contribution in [0.25, 0.3) is 10.2 Å². The predicted molar refractivity (Wildman–Crippen MR) is 521 cm³/mol. The van der Waals surface area contributed by atoms with E-state index in [9.17, 15) is 33.9 Å². The number of methoxy groups -OCH3 is 2. The number of thiazole rings is 2. The number of anilines is 5. The Balaban J connectivity index is 0.864. The van der Waals surface area contributed by atoms with E-state index >= 15 is 4.39 Å². The molecule has 0 spiro atoms. The van der Waals surface area contributed by atoms with Crippen LogP contribution in [-0.2, 0) is 134 Å². The first-order chi connectivity index (χ1) is 68.7. The Morgan fingerprint density at radius 3 is 1.81 bits per heavy atom. The van der Waals surface area contributed by atoms with Crippen molar-refractivity contribution in [1.82, 2.24) is 55.6 Å². The Labute approximate surface area is 827 Å². The Morgan fingerprint density at radius 2 is 1.24 bits per heavy atom. The number of hydrogen-bond acceptors (Lipinski definition) is 39. The van der Waals surface area contributed by atoms with E-state index in [2.05, 4.69) is 73.7 Å². The minimum atomic E-state index is -1.19. The van der Waals surface area contributed by atoms with Crippen LogP contribution < -0.4 is 48.2 Å². The monoisotopic (exact) mass is 2020 g/mol. The molecule has 0 fully saturated rings. The van der Waals surface area contributed by atoms with E-state index in [0.29, 0.717) is 216 Å². The number of aliphatic imine (C=N–C) groups is 1. The summed E-state index contributed by atoms with van der Waals surface area (Å²) in [5.41, 5.74) is 15.7. The van der Waals surface area contributed by atoms with Crippen molar-refractivity contribution < 1.29 is 128 Å². The molecule has 4 aromatic heterocycles. The van der Waals surface area contributed by atoms with E-state index < -0.39 is 60.5 Å². The number of nitrogens with two attached hydrogens (primary N) is 3. The topological polar surface area (TPSA) is 541 Å².